The van der Waals surface area contributed by atoms with Gasteiger partial charge in [0.1, 0.15) is 0 Å². The first-order chi connectivity index (χ1) is 0. The Bertz CT molecular complexity index is 8.00. The topological polar surface area (TPSA) is 0 Å². The van der Waals surface area contributed by atoms with Crippen LogP contribution >= 0.6 is 0 Å². The summed E-state index contributed by atoms with van der Waals surface area (Å²) in [7, 11) is 0. The van der Waals surface area contributed by atoms with E-state index in [4.69, 9.17) is 0 Å². The minimum absolute atomic E-state index is 0. The van der Waals surface area contributed by atoms with Crippen molar-refractivity contribution in [3.63, 3.8) is 0 Å². The molecular formula is H5BCoMgTi. The van der Waals surface area contributed by atoms with E-state index in [9.17, 15) is 0 Å². The van der Waals surface area contributed by atoms with E-state index in [0.717, 1.165) is 0 Å². The Balaban J connectivity index is 0. The van der Waals surface area contributed by atoms with Gasteiger partial charge >= 0.3 is 23.1 Å². The van der Waals surface area contributed by atoms with Crippen LogP contribution in [0.3, 0.4) is 0 Å². The fraction of sp³-hybridized carbons (Fsp3) is 0. The molecule has 0 bridgehead atoms. The van der Waals surface area contributed by atoms with E-state index in [0.29, 0.717) is 0 Å². The fourth-order valence-corrected chi connectivity index (χ4v) is 0. The second kappa shape index (κ2) is 19.7. The smallest absolute Gasteiger partial charge is 0 e. The molecule has 0 aromatic carbocycles. The molecule has 0 aliphatic rings. The third kappa shape index (κ3) is 8.96. The van der Waals surface area contributed by atoms with Gasteiger partial charge in [-0.15, -0.1) is 0 Å². The maximum atomic E-state index is 0. The molecule has 0 nitrogen and oxygen atoms in total. The molecule has 0 N–H and O–H groups in total. The molecule has 0 atom stereocenters. The van der Waals surface area contributed by atoms with Crippen molar-refractivity contribution < 1.29 is 38.5 Å². The number of hydrogen-bond donors (Lipinski definition) is 0. The first-order valence-corrected chi connectivity index (χ1v) is 0. The molecule has 0 heterocycles. The molecule has 23 valence electrons. The van der Waals surface area contributed by atoms with Crippen molar-refractivity contribution >= 4 is 31.5 Å². The molecule has 0 aliphatic heterocycles. The Morgan fingerprint density at radius 3 is 1.00 bits per heavy atom. The summed E-state index contributed by atoms with van der Waals surface area (Å²) in [6.07, 6.45) is 0. The summed E-state index contributed by atoms with van der Waals surface area (Å²) in [6.45, 7) is 0. The Kier molecular flexibility index (Phi) is 181. The maximum Gasteiger partial charge on any atom is 0.316 e. The monoisotopic (exact) mass is 147 g/mol. The van der Waals surface area contributed by atoms with E-state index in [1.54, 1.807) is 0 Å². The minimum Gasteiger partial charge on any atom is 0 e. The molecule has 0 amide bonds. The predicted octanol–water partition coefficient (Wildman–Crippen LogP) is -2.11. The van der Waals surface area contributed by atoms with E-state index in [-0.39, 0.29) is 70.0 Å². The van der Waals surface area contributed by atoms with Crippen LogP contribution in [0.5, 0.6) is 0 Å². The Hall–Kier alpha value is 2.05. The first kappa shape index (κ1) is 36.7. The standard InChI is InChI=1S/BH3.Co.Mg.Ti.2H/h1H3;;;;;. The molecule has 0 saturated carbocycles. The van der Waals surface area contributed by atoms with Crippen molar-refractivity contribution in [1.82, 2.24) is 0 Å². The van der Waals surface area contributed by atoms with Crippen molar-refractivity contribution in [1.29, 1.82) is 0 Å². The number of rotatable bonds is 0. The molecular weight excluding hydrogens is 142 g/mol. The van der Waals surface area contributed by atoms with E-state index in [1.807, 2.05) is 0 Å². The first-order valence-electron chi connectivity index (χ1n) is 0. The minimum atomic E-state index is 0. The summed E-state index contributed by atoms with van der Waals surface area (Å²) in [4.78, 5) is 0. The van der Waals surface area contributed by atoms with Gasteiger partial charge in [-0.05, 0) is 0 Å². The van der Waals surface area contributed by atoms with Gasteiger partial charge in [-0.25, -0.2) is 0 Å². The summed E-state index contributed by atoms with van der Waals surface area (Å²) >= 11 is 0. The van der Waals surface area contributed by atoms with Crippen molar-refractivity contribution in [2.45, 2.75) is 0 Å². The van der Waals surface area contributed by atoms with Gasteiger partial charge in [0, 0.05) is 38.5 Å². The van der Waals surface area contributed by atoms with Gasteiger partial charge in [0.2, 0.25) is 0 Å². The van der Waals surface area contributed by atoms with Gasteiger partial charge in [-0.1, -0.05) is 0 Å². The molecule has 0 aromatic heterocycles. The van der Waals surface area contributed by atoms with Crippen LogP contribution in [0.15, 0.2) is 0 Å². The quantitative estimate of drug-likeness (QED) is 0.344. The van der Waals surface area contributed by atoms with Gasteiger partial charge in [0.25, 0.3) is 0 Å². The maximum absolute atomic E-state index is 0. The Morgan fingerprint density at radius 1 is 1.00 bits per heavy atom. The van der Waals surface area contributed by atoms with E-state index in [2.05, 4.69) is 0 Å². The summed E-state index contributed by atoms with van der Waals surface area (Å²) < 4.78 is 0. The van der Waals surface area contributed by atoms with Crippen LogP contribution in [0.1, 0.15) is 0 Å². The normalized spacial score (nSPS) is 0. The van der Waals surface area contributed by atoms with Crippen molar-refractivity contribution in [2.24, 2.45) is 0 Å². The SMILES string of the molecule is B.[Co].[MgH2].[Ti]. The molecule has 0 aliphatic carbocycles. The summed E-state index contributed by atoms with van der Waals surface area (Å²) in [5.41, 5.74) is 0. The molecule has 0 aromatic rings. The van der Waals surface area contributed by atoms with E-state index >= 15 is 0 Å². The zero-order valence-electron chi connectivity index (χ0n) is 0.833. The molecule has 4 heavy (non-hydrogen) atoms. The van der Waals surface area contributed by atoms with Crippen LogP contribution in [-0.2, 0) is 38.5 Å². The number of hydrogen-bond acceptors (Lipinski definition) is 0. The largest absolute Gasteiger partial charge is 0.316 e. The van der Waals surface area contributed by atoms with Gasteiger partial charge in [-0.3, -0.25) is 0 Å². The Labute approximate surface area is 69.3 Å². The van der Waals surface area contributed by atoms with Crippen LogP contribution < -0.4 is 0 Å². The van der Waals surface area contributed by atoms with Crippen LogP contribution in [0.25, 0.3) is 0 Å². The molecule has 4 heteroatoms. The molecule has 0 fully saturated rings. The second-order valence-corrected chi connectivity index (χ2v) is 0. The third-order valence-corrected chi connectivity index (χ3v) is 0. The van der Waals surface area contributed by atoms with Gasteiger partial charge < -0.3 is 0 Å². The molecule has 0 saturated heterocycles. The van der Waals surface area contributed by atoms with Crippen LogP contribution in [0.4, 0.5) is 0 Å². The van der Waals surface area contributed by atoms with Crippen molar-refractivity contribution in [3.8, 4) is 0 Å². The van der Waals surface area contributed by atoms with Gasteiger partial charge in [0.05, 0.1) is 8.41 Å². The fourth-order valence-electron chi connectivity index (χ4n) is 0. The molecule has 1 radical (unpaired) electrons. The molecule has 0 unspecified atom stereocenters. The van der Waals surface area contributed by atoms with Crippen LogP contribution in [-0.4, -0.2) is 31.5 Å². The zero-order valence-corrected chi connectivity index (χ0v) is 3.44. The average molecular weight is 147 g/mol. The molecule has 0 rings (SSSR count). The molecule has 0 spiro atoms. The van der Waals surface area contributed by atoms with Crippen LogP contribution in [0, 0.1) is 0 Å². The van der Waals surface area contributed by atoms with Crippen molar-refractivity contribution in [2.75, 3.05) is 0 Å². The van der Waals surface area contributed by atoms with Gasteiger partial charge in [0.15, 0.2) is 0 Å². The summed E-state index contributed by atoms with van der Waals surface area (Å²) in [6, 6.07) is 0. The summed E-state index contributed by atoms with van der Waals surface area (Å²) in [5, 5.41) is 0. The van der Waals surface area contributed by atoms with E-state index in [1.165, 1.54) is 0 Å². The third-order valence-electron chi connectivity index (χ3n) is 0. The van der Waals surface area contributed by atoms with Crippen molar-refractivity contribution in [3.05, 3.63) is 0 Å². The van der Waals surface area contributed by atoms with Crippen LogP contribution in [0.2, 0.25) is 0 Å². The predicted molar refractivity (Wildman–Crippen MR) is 18.5 cm³/mol. The van der Waals surface area contributed by atoms with E-state index < -0.39 is 0 Å². The summed E-state index contributed by atoms with van der Waals surface area (Å²) in [5.74, 6) is 0. The Morgan fingerprint density at radius 2 is 1.00 bits per heavy atom. The van der Waals surface area contributed by atoms with Gasteiger partial charge in [-0.2, -0.15) is 0 Å². The zero-order chi connectivity index (χ0) is 0. The average Bonchev–Trinajstić information content (AvgIpc) is 0. The second-order valence-electron chi connectivity index (χ2n) is 0.